The molecule has 0 aliphatic rings. The molecule has 0 spiro atoms. The summed E-state index contributed by atoms with van der Waals surface area (Å²) in [5.74, 6) is 0.939. The lowest BCUT2D eigenvalue weighted by molar-refractivity contribution is -0.124. The molecule has 2 N–H and O–H groups in total. The Balaban J connectivity index is 1.47. The first-order valence-corrected chi connectivity index (χ1v) is 10.8. The molecule has 0 unspecified atom stereocenters. The minimum absolute atomic E-state index is 0.0167. The van der Waals surface area contributed by atoms with E-state index >= 15 is 0 Å². The van der Waals surface area contributed by atoms with Gasteiger partial charge in [-0.3, -0.25) is 4.79 Å². The van der Waals surface area contributed by atoms with Crippen LogP contribution in [0.3, 0.4) is 0 Å². The number of aryl methyl sites for hydroxylation is 2. The highest BCUT2D eigenvalue weighted by Crippen LogP contribution is 2.26. The first-order valence-electron chi connectivity index (χ1n) is 10.8. The summed E-state index contributed by atoms with van der Waals surface area (Å²) in [4.78, 5) is 12.8. The van der Waals surface area contributed by atoms with Crippen molar-refractivity contribution < 1.29 is 9.53 Å². The zero-order chi connectivity index (χ0) is 22.3. The van der Waals surface area contributed by atoms with Gasteiger partial charge in [-0.1, -0.05) is 44.2 Å². The number of ether oxygens (including phenoxy) is 1. The smallest absolute Gasteiger partial charge is 0.230 e. The second kappa shape index (κ2) is 10.2. The maximum absolute atomic E-state index is 12.8. The number of benzene rings is 3. The summed E-state index contributed by atoms with van der Waals surface area (Å²) in [6.07, 6.45) is 1.56. The van der Waals surface area contributed by atoms with E-state index in [9.17, 15) is 4.79 Å². The summed E-state index contributed by atoms with van der Waals surface area (Å²) in [6, 6.07) is 24.0. The van der Waals surface area contributed by atoms with Crippen LogP contribution in [0.4, 0.5) is 17.1 Å². The van der Waals surface area contributed by atoms with E-state index in [-0.39, 0.29) is 5.91 Å². The molecule has 0 saturated carbocycles. The standard InChI is InChI=1S/C27H32N2O2/c1-20-11-12-21(2)25(19-20)31-18-8-17-27(3,4)26(30)29-24-15-13-23(14-16-24)28-22-9-6-5-7-10-22/h5-7,9-16,19,28H,8,17-18H2,1-4H3,(H,29,30). The number of hydrogen-bond donors (Lipinski definition) is 2. The molecule has 1 amide bonds. The van der Waals surface area contributed by atoms with Crippen LogP contribution in [0.15, 0.2) is 72.8 Å². The quantitative estimate of drug-likeness (QED) is 0.374. The van der Waals surface area contributed by atoms with E-state index in [0.29, 0.717) is 6.61 Å². The van der Waals surface area contributed by atoms with Gasteiger partial charge in [0.25, 0.3) is 0 Å². The van der Waals surface area contributed by atoms with Gasteiger partial charge in [0.1, 0.15) is 5.75 Å². The third kappa shape index (κ3) is 6.61. The second-order valence-electron chi connectivity index (χ2n) is 8.63. The Morgan fingerprint density at radius 2 is 1.52 bits per heavy atom. The van der Waals surface area contributed by atoms with Gasteiger partial charge < -0.3 is 15.4 Å². The van der Waals surface area contributed by atoms with Crippen LogP contribution < -0.4 is 15.4 Å². The van der Waals surface area contributed by atoms with Crippen LogP contribution in [-0.2, 0) is 4.79 Å². The van der Waals surface area contributed by atoms with Gasteiger partial charge >= 0.3 is 0 Å². The maximum Gasteiger partial charge on any atom is 0.230 e. The highest BCUT2D eigenvalue weighted by atomic mass is 16.5. The lowest BCUT2D eigenvalue weighted by atomic mass is 9.87. The summed E-state index contributed by atoms with van der Waals surface area (Å²) in [6.45, 7) is 8.66. The molecule has 0 bridgehead atoms. The van der Waals surface area contributed by atoms with Gasteiger partial charge in [-0.05, 0) is 80.3 Å². The lowest BCUT2D eigenvalue weighted by Gasteiger charge is -2.24. The average molecular weight is 417 g/mol. The number of hydrogen-bond acceptors (Lipinski definition) is 3. The number of anilines is 3. The third-order valence-electron chi connectivity index (χ3n) is 5.37. The van der Waals surface area contributed by atoms with Crippen LogP contribution in [0, 0.1) is 19.3 Å². The zero-order valence-electron chi connectivity index (χ0n) is 18.9. The first kappa shape index (κ1) is 22.4. The highest BCUT2D eigenvalue weighted by molar-refractivity contribution is 5.94. The number of rotatable bonds is 9. The molecule has 3 aromatic carbocycles. The summed E-state index contributed by atoms with van der Waals surface area (Å²) in [5.41, 5.74) is 4.64. The van der Waals surface area contributed by atoms with Crippen molar-refractivity contribution >= 4 is 23.0 Å². The lowest BCUT2D eigenvalue weighted by Crippen LogP contribution is -2.31. The number of carbonyl (C=O) groups excluding carboxylic acids is 1. The molecule has 31 heavy (non-hydrogen) atoms. The largest absolute Gasteiger partial charge is 0.493 e. The maximum atomic E-state index is 12.8. The minimum Gasteiger partial charge on any atom is -0.493 e. The van der Waals surface area contributed by atoms with Gasteiger partial charge in [-0.25, -0.2) is 0 Å². The van der Waals surface area contributed by atoms with Crippen LogP contribution in [-0.4, -0.2) is 12.5 Å². The van der Waals surface area contributed by atoms with Gasteiger partial charge in [-0.15, -0.1) is 0 Å². The fourth-order valence-corrected chi connectivity index (χ4v) is 3.30. The number of amides is 1. The average Bonchev–Trinajstić information content (AvgIpc) is 2.75. The van der Waals surface area contributed by atoms with Crippen LogP contribution in [0.25, 0.3) is 0 Å². The predicted octanol–water partition coefficient (Wildman–Crippen LogP) is 6.87. The Hall–Kier alpha value is -3.27. The molecule has 162 valence electrons. The molecule has 3 rings (SSSR count). The van der Waals surface area contributed by atoms with Crippen LogP contribution >= 0.6 is 0 Å². The van der Waals surface area contributed by atoms with Crippen molar-refractivity contribution in [2.45, 2.75) is 40.5 Å². The normalized spacial score (nSPS) is 11.1. The van der Waals surface area contributed by atoms with E-state index in [1.54, 1.807) is 0 Å². The fraction of sp³-hybridized carbons (Fsp3) is 0.296. The molecular formula is C27H32N2O2. The molecule has 0 atom stereocenters. The number of para-hydroxylation sites is 1. The molecule has 0 aromatic heterocycles. The van der Waals surface area contributed by atoms with E-state index in [0.717, 1.165) is 41.2 Å². The predicted molar refractivity (Wildman–Crippen MR) is 129 cm³/mol. The van der Waals surface area contributed by atoms with Crippen LogP contribution in [0.5, 0.6) is 5.75 Å². The van der Waals surface area contributed by atoms with E-state index in [2.05, 4.69) is 35.8 Å². The van der Waals surface area contributed by atoms with Crippen molar-refractivity contribution in [3.63, 3.8) is 0 Å². The summed E-state index contributed by atoms with van der Waals surface area (Å²) in [7, 11) is 0. The van der Waals surface area contributed by atoms with E-state index in [4.69, 9.17) is 4.74 Å². The SMILES string of the molecule is Cc1ccc(C)c(OCCCC(C)(C)C(=O)Nc2ccc(Nc3ccccc3)cc2)c1. The van der Waals surface area contributed by atoms with Crippen molar-refractivity contribution in [3.05, 3.63) is 83.9 Å². The Kier molecular flexibility index (Phi) is 7.35. The Morgan fingerprint density at radius 1 is 0.871 bits per heavy atom. The molecule has 0 heterocycles. The first-order chi connectivity index (χ1) is 14.8. The summed E-state index contributed by atoms with van der Waals surface area (Å²) < 4.78 is 5.93. The van der Waals surface area contributed by atoms with E-state index < -0.39 is 5.41 Å². The molecule has 4 heteroatoms. The van der Waals surface area contributed by atoms with Gasteiger partial charge in [0.05, 0.1) is 6.61 Å². The number of nitrogens with one attached hydrogen (secondary N) is 2. The Labute approximate surface area is 185 Å². The van der Waals surface area contributed by atoms with Crippen LogP contribution in [0.1, 0.15) is 37.8 Å². The molecule has 0 saturated heterocycles. The number of carbonyl (C=O) groups is 1. The van der Waals surface area contributed by atoms with E-state index in [1.165, 1.54) is 5.56 Å². The summed E-state index contributed by atoms with van der Waals surface area (Å²) in [5, 5.41) is 6.38. The molecule has 4 nitrogen and oxygen atoms in total. The zero-order valence-corrected chi connectivity index (χ0v) is 18.9. The van der Waals surface area contributed by atoms with Crippen molar-refractivity contribution in [1.29, 1.82) is 0 Å². The van der Waals surface area contributed by atoms with Crippen molar-refractivity contribution in [2.75, 3.05) is 17.2 Å². The molecule has 0 fully saturated rings. The molecule has 0 aliphatic carbocycles. The molecular weight excluding hydrogens is 384 g/mol. The topological polar surface area (TPSA) is 50.4 Å². The van der Waals surface area contributed by atoms with Gasteiger partial charge in [-0.2, -0.15) is 0 Å². The summed E-state index contributed by atoms with van der Waals surface area (Å²) >= 11 is 0. The Morgan fingerprint density at radius 3 is 2.23 bits per heavy atom. The van der Waals surface area contributed by atoms with E-state index in [1.807, 2.05) is 75.4 Å². The van der Waals surface area contributed by atoms with Gasteiger partial charge in [0, 0.05) is 22.5 Å². The van der Waals surface area contributed by atoms with Crippen molar-refractivity contribution in [2.24, 2.45) is 5.41 Å². The monoisotopic (exact) mass is 416 g/mol. The molecule has 3 aromatic rings. The fourth-order valence-electron chi connectivity index (χ4n) is 3.30. The molecule has 0 aliphatic heterocycles. The Bertz CT molecular complexity index is 996. The van der Waals surface area contributed by atoms with Gasteiger partial charge in [0.15, 0.2) is 0 Å². The third-order valence-corrected chi connectivity index (χ3v) is 5.37. The van der Waals surface area contributed by atoms with Gasteiger partial charge in [0.2, 0.25) is 5.91 Å². The second-order valence-corrected chi connectivity index (χ2v) is 8.63. The highest BCUT2D eigenvalue weighted by Gasteiger charge is 2.27. The van der Waals surface area contributed by atoms with Crippen molar-refractivity contribution in [1.82, 2.24) is 0 Å². The minimum atomic E-state index is -0.480. The van der Waals surface area contributed by atoms with Crippen LogP contribution in [0.2, 0.25) is 0 Å². The van der Waals surface area contributed by atoms with Crippen molar-refractivity contribution in [3.8, 4) is 5.75 Å². The molecule has 0 radical (unpaired) electrons.